The van der Waals surface area contributed by atoms with E-state index in [1.54, 1.807) is 27.7 Å². The Morgan fingerprint density at radius 1 is 1.32 bits per heavy atom. The van der Waals surface area contributed by atoms with Crippen LogP contribution in [-0.2, 0) is 37.8 Å². The molecule has 1 saturated heterocycles. The van der Waals surface area contributed by atoms with Crippen LogP contribution in [-0.4, -0.2) is 79.4 Å². The fourth-order valence-corrected chi connectivity index (χ4v) is 5.60. The summed E-state index contributed by atoms with van der Waals surface area (Å²) in [7, 11) is 5.28. The average Bonchev–Trinajstić information content (AvgIpc) is 2.72. The summed E-state index contributed by atoms with van der Waals surface area (Å²) in [5.74, 6) is -1.82. The highest BCUT2D eigenvalue weighted by Gasteiger charge is 2.49. The molecule has 2 aliphatic rings. The Morgan fingerprint density at radius 3 is 2.44 bits per heavy atom. The molecule has 194 valence electrons. The molecule has 1 unspecified atom stereocenters. The molecule has 2 rings (SSSR count). The Kier molecular flexibility index (Phi) is 9.44. The van der Waals surface area contributed by atoms with Crippen molar-refractivity contribution in [2.24, 2.45) is 5.92 Å². The van der Waals surface area contributed by atoms with E-state index in [1.165, 1.54) is 14.0 Å². The van der Waals surface area contributed by atoms with Gasteiger partial charge in [-0.25, -0.2) is 4.79 Å². The number of esters is 1. The monoisotopic (exact) mass is 501 g/mol. The fourth-order valence-electron chi connectivity index (χ4n) is 4.83. The molecule has 0 bridgehead atoms. The molecule has 0 N–H and O–H groups in total. The smallest absolute Gasteiger partial charge is 0.340 e. The van der Waals surface area contributed by atoms with Crippen molar-refractivity contribution in [2.45, 2.75) is 103 Å². The molecule has 7 atom stereocenters. The van der Waals surface area contributed by atoms with Gasteiger partial charge in [0.2, 0.25) is 5.79 Å². The average molecular weight is 502 g/mol. The SMILES string of the molecule is CO[C@](C)(CC(C)=O)[C@H](O[C@@H]1O[C@H](C)CC(N(C)C)[C@H]1P=O)[C@@H](C)C1=C(C)C(=O)OC(C)(C)O1. The number of Topliss-reactive ketones (excluding diaryl/α,β-unsaturated/α-hetero) is 1. The van der Waals surface area contributed by atoms with Gasteiger partial charge in [-0.05, 0) is 48.2 Å². The van der Waals surface area contributed by atoms with Gasteiger partial charge in [-0.2, -0.15) is 0 Å². The maximum Gasteiger partial charge on any atom is 0.340 e. The van der Waals surface area contributed by atoms with Crippen molar-refractivity contribution in [3.63, 3.8) is 0 Å². The Labute approximate surface area is 204 Å². The minimum atomic E-state index is -1.16. The van der Waals surface area contributed by atoms with E-state index in [0.717, 1.165) is 0 Å². The summed E-state index contributed by atoms with van der Waals surface area (Å²) < 4.78 is 42.2. The maximum atomic E-state index is 12.5. The number of hydrogen-bond donors (Lipinski definition) is 0. The number of rotatable bonds is 10. The number of ketones is 1. The van der Waals surface area contributed by atoms with E-state index < -0.39 is 41.3 Å². The molecule has 0 amide bonds. The van der Waals surface area contributed by atoms with E-state index in [-0.39, 0.29) is 32.8 Å². The first-order chi connectivity index (χ1) is 15.7. The molecular formula is C24H40NO8P. The first-order valence-corrected chi connectivity index (χ1v) is 12.5. The van der Waals surface area contributed by atoms with Crippen LogP contribution in [0.15, 0.2) is 11.3 Å². The van der Waals surface area contributed by atoms with Crippen molar-refractivity contribution in [3.05, 3.63) is 11.3 Å². The molecular weight excluding hydrogens is 461 g/mol. The van der Waals surface area contributed by atoms with Crippen LogP contribution in [0.25, 0.3) is 0 Å². The third kappa shape index (κ3) is 6.43. The van der Waals surface area contributed by atoms with Gasteiger partial charge in [-0.15, -0.1) is 0 Å². The summed E-state index contributed by atoms with van der Waals surface area (Å²) >= 11 is 0. The second-order valence-electron chi connectivity index (χ2n) is 10.3. The zero-order valence-corrected chi connectivity index (χ0v) is 22.9. The van der Waals surface area contributed by atoms with Gasteiger partial charge in [0.05, 0.1) is 23.4 Å². The minimum absolute atomic E-state index is 0.0359. The lowest BCUT2D eigenvalue weighted by molar-refractivity contribution is -0.264. The Hall–Kier alpha value is -1.38. The lowest BCUT2D eigenvalue weighted by Crippen LogP contribution is -2.57. The van der Waals surface area contributed by atoms with E-state index >= 15 is 0 Å². The Balaban J connectivity index is 2.54. The number of hydrogen-bond acceptors (Lipinski definition) is 9. The summed E-state index contributed by atoms with van der Waals surface area (Å²) in [5, 5.41) is 0. The van der Waals surface area contributed by atoms with Crippen LogP contribution in [0, 0.1) is 5.92 Å². The van der Waals surface area contributed by atoms with Gasteiger partial charge in [0.1, 0.15) is 17.2 Å². The lowest BCUT2D eigenvalue weighted by atomic mass is 9.83. The van der Waals surface area contributed by atoms with E-state index in [1.807, 2.05) is 32.8 Å². The summed E-state index contributed by atoms with van der Waals surface area (Å²) in [6.45, 7) is 12.0. The van der Waals surface area contributed by atoms with Crippen molar-refractivity contribution >= 4 is 20.2 Å². The van der Waals surface area contributed by atoms with Crippen LogP contribution >= 0.6 is 8.46 Å². The summed E-state index contributed by atoms with van der Waals surface area (Å²) in [5.41, 5.74) is -1.21. The van der Waals surface area contributed by atoms with Crippen molar-refractivity contribution < 1.29 is 37.8 Å². The molecule has 0 aromatic carbocycles. The molecule has 0 radical (unpaired) electrons. The third-order valence-corrected chi connectivity index (χ3v) is 7.42. The lowest BCUT2D eigenvalue weighted by Gasteiger charge is -2.47. The molecule has 1 fully saturated rings. The van der Waals surface area contributed by atoms with Crippen molar-refractivity contribution in [1.82, 2.24) is 4.90 Å². The first-order valence-electron chi connectivity index (χ1n) is 11.6. The molecule has 0 spiro atoms. The second-order valence-corrected chi connectivity index (χ2v) is 11.1. The van der Waals surface area contributed by atoms with Crippen LogP contribution in [0.3, 0.4) is 0 Å². The third-order valence-electron chi connectivity index (χ3n) is 6.58. The quantitative estimate of drug-likeness (QED) is 0.328. The maximum absolute atomic E-state index is 12.5. The largest absolute Gasteiger partial charge is 0.456 e. The van der Waals surface area contributed by atoms with Crippen molar-refractivity contribution in [1.29, 1.82) is 0 Å². The summed E-state index contributed by atoms with van der Waals surface area (Å²) in [6, 6.07) is -0.0359. The molecule has 2 heterocycles. The number of cyclic esters (lactones) is 1. The number of methoxy groups -OCH3 is 1. The highest BCUT2D eigenvalue weighted by atomic mass is 31.1. The molecule has 0 aromatic heterocycles. The highest BCUT2D eigenvalue weighted by molar-refractivity contribution is 7.24. The van der Waals surface area contributed by atoms with Crippen LogP contribution in [0.1, 0.15) is 61.3 Å². The molecule has 9 nitrogen and oxygen atoms in total. The fraction of sp³-hybridized carbons (Fsp3) is 0.833. The summed E-state index contributed by atoms with van der Waals surface area (Å²) in [6.07, 6.45) is -0.953. The molecule has 0 saturated carbocycles. The zero-order chi connectivity index (χ0) is 26.0. The minimum Gasteiger partial charge on any atom is -0.456 e. The Bertz CT molecular complexity index is 813. The van der Waals surface area contributed by atoms with E-state index in [0.29, 0.717) is 17.8 Å². The van der Waals surface area contributed by atoms with Crippen LogP contribution in [0.2, 0.25) is 0 Å². The van der Waals surface area contributed by atoms with Gasteiger partial charge in [-0.3, -0.25) is 9.36 Å². The molecule has 2 aliphatic heterocycles. The van der Waals surface area contributed by atoms with Crippen LogP contribution < -0.4 is 0 Å². The predicted molar refractivity (Wildman–Crippen MR) is 127 cm³/mol. The zero-order valence-electron chi connectivity index (χ0n) is 22.0. The summed E-state index contributed by atoms with van der Waals surface area (Å²) in [4.78, 5) is 26.8. The number of nitrogens with zero attached hydrogens (tertiary/aromatic N) is 1. The highest BCUT2D eigenvalue weighted by Crippen LogP contribution is 2.41. The van der Waals surface area contributed by atoms with E-state index in [9.17, 15) is 14.2 Å². The predicted octanol–water partition coefficient (Wildman–Crippen LogP) is 3.70. The number of ether oxygens (including phenoxy) is 5. The van der Waals surface area contributed by atoms with E-state index in [4.69, 9.17) is 23.7 Å². The van der Waals surface area contributed by atoms with Gasteiger partial charge in [0, 0.05) is 39.3 Å². The number of carbonyl (C=O) groups is 2. The normalized spacial score (nSPS) is 31.0. The standard InChI is InChI=1S/C24H40NO8P/c1-13(26)12-24(7,29-10)20(15(3)18-16(4)21(27)33-23(5,6)32-18)31-22-19(34-28)17(25(8)9)11-14(2)30-22/h14-15,17,19-20,22H,11-12H2,1-10H3/t14-,15+,17?,19-,20-,22+,24-/m1/s1. The number of carbonyl (C=O) groups excluding carboxylic acids is 2. The van der Waals surface area contributed by atoms with Crippen molar-refractivity contribution in [3.8, 4) is 0 Å². The van der Waals surface area contributed by atoms with Gasteiger partial charge in [0.25, 0.3) is 0 Å². The molecule has 0 aromatic rings. The van der Waals surface area contributed by atoms with Crippen LogP contribution in [0.5, 0.6) is 0 Å². The van der Waals surface area contributed by atoms with Gasteiger partial charge in [0.15, 0.2) is 14.8 Å². The topological polar surface area (TPSA) is 101 Å². The molecule has 10 heteroatoms. The first kappa shape index (κ1) is 28.9. The Morgan fingerprint density at radius 2 is 1.94 bits per heavy atom. The van der Waals surface area contributed by atoms with E-state index in [2.05, 4.69) is 0 Å². The van der Waals surface area contributed by atoms with Crippen LogP contribution in [0.4, 0.5) is 0 Å². The second kappa shape index (κ2) is 11.1. The van der Waals surface area contributed by atoms with Gasteiger partial charge >= 0.3 is 5.97 Å². The van der Waals surface area contributed by atoms with Gasteiger partial charge in [-0.1, -0.05) is 6.92 Å². The molecule has 34 heavy (non-hydrogen) atoms. The van der Waals surface area contributed by atoms with Gasteiger partial charge < -0.3 is 28.6 Å². The molecule has 0 aliphatic carbocycles. The van der Waals surface area contributed by atoms with Crippen molar-refractivity contribution in [2.75, 3.05) is 21.2 Å².